The molecular weight excluding hydrogens is 281 g/mol. The molecule has 21 heavy (non-hydrogen) atoms. The number of halogens is 3. The molecule has 0 radical (unpaired) electrons. The van der Waals surface area contributed by atoms with E-state index >= 15 is 0 Å². The molecule has 0 amide bonds. The van der Waals surface area contributed by atoms with Crippen molar-refractivity contribution in [3.8, 4) is 5.75 Å². The molecule has 2 N–H and O–H groups in total. The summed E-state index contributed by atoms with van der Waals surface area (Å²) in [5.41, 5.74) is 0.309. The molecule has 0 unspecified atom stereocenters. The summed E-state index contributed by atoms with van der Waals surface area (Å²) < 4.78 is 42.3. The monoisotopic (exact) mass is 294 g/mol. The molecule has 110 valence electrons. The number of methoxy groups -OCH3 is 1. The van der Waals surface area contributed by atoms with Gasteiger partial charge >= 0.3 is 6.18 Å². The van der Waals surface area contributed by atoms with E-state index in [2.05, 4.69) is 5.32 Å². The first-order valence-corrected chi connectivity index (χ1v) is 6.07. The number of rotatable bonds is 3. The largest absolute Gasteiger partial charge is 0.497 e. The van der Waals surface area contributed by atoms with Crippen molar-refractivity contribution in [2.24, 2.45) is 0 Å². The molecule has 0 fully saturated rings. The zero-order valence-electron chi connectivity index (χ0n) is 11.2. The fourth-order valence-electron chi connectivity index (χ4n) is 1.72. The Morgan fingerprint density at radius 1 is 1.00 bits per heavy atom. The van der Waals surface area contributed by atoms with E-state index in [1.807, 2.05) is 0 Å². The number of benzene rings is 2. The lowest BCUT2D eigenvalue weighted by Crippen LogP contribution is -2.12. The summed E-state index contributed by atoms with van der Waals surface area (Å²) >= 11 is 0. The third kappa shape index (κ3) is 3.75. The van der Waals surface area contributed by atoms with Gasteiger partial charge in [-0.3, -0.25) is 5.41 Å². The van der Waals surface area contributed by atoms with Crippen LogP contribution in [0.15, 0.2) is 48.5 Å². The average molecular weight is 294 g/mol. The van der Waals surface area contributed by atoms with Crippen LogP contribution in [0.5, 0.6) is 5.75 Å². The maximum Gasteiger partial charge on any atom is 0.416 e. The SMILES string of the molecule is COc1ccc(C(=N)Nc2ccc(C(F)(F)F)cc2)cc1. The van der Waals surface area contributed by atoms with Crippen molar-refractivity contribution in [3.63, 3.8) is 0 Å². The predicted octanol–water partition coefficient (Wildman–Crippen LogP) is 4.15. The van der Waals surface area contributed by atoms with Crippen LogP contribution in [0.2, 0.25) is 0 Å². The number of nitrogens with one attached hydrogen (secondary N) is 2. The van der Waals surface area contributed by atoms with Gasteiger partial charge < -0.3 is 10.1 Å². The number of alkyl halides is 3. The first-order valence-electron chi connectivity index (χ1n) is 6.07. The van der Waals surface area contributed by atoms with Gasteiger partial charge in [0, 0.05) is 11.3 Å². The normalized spacial score (nSPS) is 11.0. The molecule has 0 saturated heterocycles. The summed E-state index contributed by atoms with van der Waals surface area (Å²) in [5.74, 6) is 0.762. The molecule has 0 spiro atoms. The maximum atomic E-state index is 12.4. The number of hydrogen-bond acceptors (Lipinski definition) is 2. The molecule has 2 aromatic carbocycles. The summed E-state index contributed by atoms with van der Waals surface area (Å²) in [6, 6.07) is 11.3. The Labute approximate surface area is 119 Å². The van der Waals surface area contributed by atoms with Crippen molar-refractivity contribution in [1.29, 1.82) is 5.41 Å². The van der Waals surface area contributed by atoms with E-state index < -0.39 is 11.7 Å². The Balaban J connectivity index is 2.08. The van der Waals surface area contributed by atoms with Crippen LogP contribution >= 0.6 is 0 Å². The highest BCUT2D eigenvalue weighted by molar-refractivity contribution is 6.06. The lowest BCUT2D eigenvalue weighted by Gasteiger charge is -2.10. The summed E-state index contributed by atoms with van der Waals surface area (Å²) in [6.45, 7) is 0. The van der Waals surface area contributed by atoms with Crippen LogP contribution in [0.25, 0.3) is 0 Å². The Bertz CT molecular complexity index is 619. The van der Waals surface area contributed by atoms with Gasteiger partial charge in [0.05, 0.1) is 12.7 Å². The van der Waals surface area contributed by atoms with Crippen molar-refractivity contribution >= 4 is 11.5 Å². The van der Waals surface area contributed by atoms with Gasteiger partial charge in [-0.05, 0) is 48.5 Å². The smallest absolute Gasteiger partial charge is 0.416 e. The van der Waals surface area contributed by atoms with E-state index in [0.717, 1.165) is 12.1 Å². The van der Waals surface area contributed by atoms with E-state index in [4.69, 9.17) is 10.1 Å². The Morgan fingerprint density at radius 3 is 2.05 bits per heavy atom. The first-order chi connectivity index (χ1) is 9.90. The number of hydrogen-bond donors (Lipinski definition) is 2. The van der Waals surface area contributed by atoms with Crippen LogP contribution in [0.3, 0.4) is 0 Å². The molecule has 0 aliphatic carbocycles. The Morgan fingerprint density at radius 2 is 1.57 bits per heavy atom. The van der Waals surface area contributed by atoms with E-state index in [1.165, 1.54) is 12.1 Å². The zero-order valence-corrected chi connectivity index (χ0v) is 11.2. The van der Waals surface area contributed by atoms with E-state index in [-0.39, 0.29) is 5.84 Å². The van der Waals surface area contributed by atoms with Crippen molar-refractivity contribution in [2.75, 3.05) is 12.4 Å². The third-order valence-corrected chi connectivity index (χ3v) is 2.86. The minimum atomic E-state index is -4.36. The molecule has 0 aromatic heterocycles. The van der Waals surface area contributed by atoms with Crippen molar-refractivity contribution in [1.82, 2.24) is 0 Å². The van der Waals surface area contributed by atoms with E-state index in [9.17, 15) is 13.2 Å². The van der Waals surface area contributed by atoms with Gasteiger partial charge in [0.2, 0.25) is 0 Å². The summed E-state index contributed by atoms with van der Waals surface area (Å²) in [7, 11) is 1.54. The molecule has 0 heterocycles. The fourth-order valence-corrected chi connectivity index (χ4v) is 1.72. The minimum absolute atomic E-state index is 0.0948. The van der Waals surface area contributed by atoms with Crippen molar-refractivity contribution < 1.29 is 17.9 Å². The molecule has 0 aliphatic heterocycles. The van der Waals surface area contributed by atoms with Crippen molar-refractivity contribution in [2.45, 2.75) is 6.18 Å². The van der Waals surface area contributed by atoms with Crippen LogP contribution in [0.4, 0.5) is 18.9 Å². The molecule has 0 atom stereocenters. The van der Waals surface area contributed by atoms with E-state index in [1.54, 1.807) is 31.4 Å². The molecule has 6 heteroatoms. The molecule has 3 nitrogen and oxygen atoms in total. The topological polar surface area (TPSA) is 45.1 Å². The first kappa shape index (κ1) is 14.9. The lowest BCUT2D eigenvalue weighted by molar-refractivity contribution is -0.137. The standard InChI is InChI=1S/C15H13F3N2O/c1-21-13-8-2-10(3-9-13)14(19)20-12-6-4-11(5-7-12)15(16,17)18/h2-9H,1H3,(H2,19,20). The van der Waals surface area contributed by atoms with Crippen LogP contribution in [0, 0.1) is 5.41 Å². The van der Waals surface area contributed by atoms with Crippen molar-refractivity contribution in [3.05, 3.63) is 59.7 Å². The molecular formula is C15H13F3N2O. The van der Waals surface area contributed by atoms with E-state index in [0.29, 0.717) is 17.0 Å². The predicted molar refractivity (Wildman–Crippen MR) is 74.9 cm³/mol. The molecule has 0 saturated carbocycles. The van der Waals surface area contributed by atoms with Crippen LogP contribution in [-0.4, -0.2) is 12.9 Å². The molecule has 0 bridgehead atoms. The Kier molecular flexibility index (Phi) is 4.16. The van der Waals surface area contributed by atoms with Gasteiger partial charge in [-0.15, -0.1) is 0 Å². The van der Waals surface area contributed by atoms with Gasteiger partial charge in [-0.1, -0.05) is 0 Å². The maximum absolute atomic E-state index is 12.4. The third-order valence-electron chi connectivity index (χ3n) is 2.86. The summed E-state index contributed by atoms with van der Waals surface area (Å²) in [6.07, 6.45) is -4.36. The number of amidine groups is 1. The van der Waals surface area contributed by atoms with Crippen LogP contribution in [-0.2, 0) is 6.18 Å². The minimum Gasteiger partial charge on any atom is -0.497 e. The second-order valence-corrected chi connectivity index (χ2v) is 4.30. The van der Waals surface area contributed by atoms with Gasteiger partial charge in [-0.2, -0.15) is 13.2 Å². The van der Waals surface area contributed by atoms with Crippen LogP contribution in [0.1, 0.15) is 11.1 Å². The highest BCUT2D eigenvalue weighted by Gasteiger charge is 2.29. The average Bonchev–Trinajstić information content (AvgIpc) is 2.47. The fraction of sp³-hybridized carbons (Fsp3) is 0.133. The summed E-state index contributed by atoms with van der Waals surface area (Å²) in [4.78, 5) is 0. The van der Waals surface area contributed by atoms with Crippen LogP contribution < -0.4 is 10.1 Å². The molecule has 0 aliphatic rings. The van der Waals surface area contributed by atoms with Gasteiger partial charge in [0.1, 0.15) is 11.6 Å². The van der Waals surface area contributed by atoms with Gasteiger partial charge in [-0.25, -0.2) is 0 Å². The quantitative estimate of drug-likeness (QED) is 0.659. The lowest BCUT2D eigenvalue weighted by atomic mass is 10.1. The highest BCUT2D eigenvalue weighted by atomic mass is 19.4. The molecule has 2 aromatic rings. The van der Waals surface area contributed by atoms with Gasteiger partial charge in [0.25, 0.3) is 0 Å². The number of ether oxygens (including phenoxy) is 1. The molecule has 2 rings (SSSR count). The number of anilines is 1. The zero-order chi connectivity index (χ0) is 15.5. The second kappa shape index (κ2) is 5.87. The highest BCUT2D eigenvalue weighted by Crippen LogP contribution is 2.29. The summed E-state index contributed by atoms with van der Waals surface area (Å²) in [5, 5.41) is 10.6. The Hall–Kier alpha value is -2.50. The second-order valence-electron chi connectivity index (χ2n) is 4.30. The van der Waals surface area contributed by atoms with Gasteiger partial charge in [0.15, 0.2) is 0 Å².